The molecule has 0 aliphatic rings. The van der Waals surface area contributed by atoms with Crippen molar-refractivity contribution in [2.24, 2.45) is 0 Å². The Balaban J connectivity index is 2.39. The topological polar surface area (TPSA) is 122 Å². The molecule has 1 heterocycles. The summed E-state index contributed by atoms with van der Waals surface area (Å²) in [5.41, 5.74) is -1.10. The zero-order chi connectivity index (χ0) is 21.6. The Bertz CT molecular complexity index is 959. The third kappa shape index (κ3) is 6.42. The molecule has 2 atom stereocenters. The van der Waals surface area contributed by atoms with Crippen LogP contribution in [0, 0.1) is 0 Å². The number of nitrogens with one attached hydrogen (secondary N) is 3. The molecule has 2 rings (SSSR count). The van der Waals surface area contributed by atoms with E-state index >= 15 is 0 Å². The number of methoxy groups -OCH3 is 1. The lowest BCUT2D eigenvalue weighted by molar-refractivity contribution is -0.143. The summed E-state index contributed by atoms with van der Waals surface area (Å²) in [6, 6.07) is 8.13. The van der Waals surface area contributed by atoms with E-state index in [-0.39, 0.29) is 6.54 Å². The Morgan fingerprint density at radius 3 is 2.34 bits per heavy atom. The lowest BCUT2D eigenvalue weighted by atomic mass is 10.0. The van der Waals surface area contributed by atoms with Crippen molar-refractivity contribution in [1.82, 2.24) is 20.2 Å². The molecule has 0 saturated heterocycles. The van der Waals surface area contributed by atoms with Crippen molar-refractivity contribution >= 4 is 11.9 Å². The lowest BCUT2D eigenvalue weighted by Crippen LogP contribution is -2.54. The van der Waals surface area contributed by atoms with Gasteiger partial charge in [-0.15, -0.1) is 0 Å². The first kappa shape index (κ1) is 22.1. The van der Waals surface area contributed by atoms with Gasteiger partial charge in [-0.05, 0) is 26.3 Å². The van der Waals surface area contributed by atoms with E-state index in [2.05, 4.69) is 15.6 Å². The number of benzene rings is 1. The number of aromatic nitrogens is 2. The minimum Gasteiger partial charge on any atom is -0.468 e. The van der Waals surface area contributed by atoms with Crippen molar-refractivity contribution in [3.05, 3.63) is 69.0 Å². The van der Waals surface area contributed by atoms with Gasteiger partial charge in [-0.2, -0.15) is 0 Å². The second-order valence-corrected chi connectivity index (χ2v) is 7.59. The zero-order valence-corrected chi connectivity index (χ0v) is 16.9. The fourth-order valence-corrected chi connectivity index (χ4v) is 2.72. The maximum atomic E-state index is 12.9. The van der Waals surface area contributed by atoms with E-state index in [9.17, 15) is 19.2 Å². The molecule has 1 aromatic heterocycles. The fourth-order valence-electron chi connectivity index (χ4n) is 2.72. The number of carbonyl (C=O) groups excluding carboxylic acids is 2. The summed E-state index contributed by atoms with van der Waals surface area (Å²) in [5.74, 6) is -0.973. The summed E-state index contributed by atoms with van der Waals surface area (Å²) in [5, 5.41) is 5.84. The second kappa shape index (κ2) is 9.33. The van der Waals surface area contributed by atoms with Crippen molar-refractivity contribution in [1.29, 1.82) is 0 Å². The molecule has 2 aromatic rings. The van der Waals surface area contributed by atoms with Gasteiger partial charge in [-0.3, -0.25) is 24.5 Å². The predicted octanol–water partition coefficient (Wildman–Crippen LogP) is 0.324. The molecule has 156 valence electrons. The Morgan fingerprint density at radius 1 is 1.14 bits per heavy atom. The number of hydrogen-bond donors (Lipinski definition) is 3. The van der Waals surface area contributed by atoms with E-state index in [1.54, 1.807) is 24.3 Å². The monoisotopic (exact) mass is 402 g/mol. The largest absolute Gasteiger partial charge is 0.468 e. The summed E-state index contributed by atoms with van der Waals surface area (Å²) in [4.78, 5) is 50.8. The summed E-state index contributed by atoms with van der Waals surface area (Å²) in [6.45, 7) is 5.37. The lowest BCUT2D eigenvalue weighted by Gasteiger charge is -2.28. The molecule has 0 fully saturated rings. The molecule has 9 nitrogen and oxygen atoms in total. The Kier molecular flexibility index (Phi) is 7.11. The summed E-state index contributed by atoms with van der Waals surface area (Å²) >= 11 is 0. The number of aromatic amines is 1. The molecular formula is C20H26N4O5. The van der Waals surface area contributed by atoms with Crippen LogP contribution in [0.3, 0.4) is 0 Å². The van der Waals surface area contributed by atoms with E-state index in [0.29, 0.717) is 5.56 Å². The molecule has 9 heteroatoms. The first-order valence-electron chi connectivity index (χ1n) is 9.11. The van der Waals surface area contributed by atoms with Crippen molar-refractivity contribution < 1.29 is 14.3 Å². The molecule has 0 aliphatic heterocycles. The van der Waals surface area contributed by atoms with Crippen LogP contribution in [0.2, 0.25) is 0 Å². The van der Waals surface area contributed by atoms with Crippen LogP contribution in [0.5, 0.6) is 0 Å². The van der Waals surface area contributed by atoms with E-state index in [1.165, 1.54) is 23.9 Å². The normalized spacial score (nSPS) is 13.4. The van der Waals surface area contributed by atoms with Crippen LogP contribution in [-0.2, 0) is 20.9 Å². The Hall–Kier alpha value is -3.20. The number of hydrogen-bond acceptors (Lipinski definition) is 6. The first-order chi connectivity index (χ1) is 13.6. The third-order valence-electron chi connectivity index (χ3n) is 4.03. The maximum Gasteiger partial charge on any atom is 0.328 e. The first-order valence-corrected chi connectivity index (χ1v) is 9.11. The highest BCUT2D eigenvalue weighted by atomic mass is 16.5. The molecule has 3 N–H and O–H groups in total. The van der Waals surface area contributed by atoms with Crippen molar-refractivity contribution in [3.8, 4) is 0 Å². The van der Waals surface area contributed by atoms with Gasteiger partial charge in [0.15, 0.2) is 0 Å². The molecular weight excluding hydrogens is 376 g/mol. The summed E-state index contributed by atoms with van der Waals surface area (Å²) in [7, 11) is 1.26. The molecule has 0 aliphatic carbocycles. The second-order valence-electron chi connectivity index (χ2n) is 7.59. The standard InChI is InChI=1S/C20H26N4O5/c1-20(2,3)23-17(26)14(12-24-11-10-15(25)22-19(24)28)21-16(18(27)29-4)13-8-6-5-7-9-13/h5-11,14,16,21H,12H2,1-4H3,(H,23,26)(H,22,25,28)/t14?,16-/m1/s1. The fraction of sp³-hybridized carbons (Fsp3) is 0.400. The maximum absolute atomic E-state index is 12.9. The highest BCUT2D eigenvalue weighted by molar-refractivity contribution is 5.84. The van der Waals surface area contributed by atoms with Gasteiger partial charge in [-0.25, -0.2) is 9.59 Å². The number of H-pyrrole nitrogens is 1. The summed E-state index contributed by atoms with van der Waals surface area (Å²) < 4.78 is 6.08. The molecule has 0 saturated carbocycles. The molecule has 1 unspecified atom stereocenters. The number of esters is 1. The minimum absolute atomic E-state index is 0.0994. The summed E-state index contributed by atoms with van der Waals surface area (Å²) in [6.07, 6.45) is 1.30. The van der Waals surface area contributed by atoms with Gasteiger partial charge < -0.3 is 10.1 Å². The van der Waals surface area contributed by atoms with Crippen molar-refractivity contribution in [2.75, 3.05) is 7.11 Å². The molecule has 29 heavy (non-hydrogen) atoms. The van der Waals surface area contributed by atoms with Crippen LogP contribution < -0.4 is 21.9 Å². The van der Waals surface area contributed by atoms with Crippen LogP contribution in [0.4, 0.5) is 0 Å². The molecule has 0 radical (unpaired) electrons. The highest BCUT2D eigenvalue weighted by Gasteiger charge is 2.30. The van der Waals surface area contributed by atoms with Crippen LogP contribution in [0.1, 0.15) is 32.4 Å². The Morgan fingerprint density at radius 2 is 1.79 bits per heavy atom. The SMILES string of the molecule is COC(=O)[C@H](NC(Cn1ccc(=O)[nH]c1=O)C(=O)NC(C)(C)C)c1ccccc1. The average molecular weight is 402 g/mol. The van der Waals surface area contributed by atoms with Crippen molar-refractivity contribution in [3.63, 3.8) is 0 Å². The predicted molar refractivity (Wildman–Crippen MR) is 107 cm³/mol. The molecule has 0 spiro atoms. The van der Waals surface area contributed by atoms with E-state index in [4.69, 9.17) is 4.74 Å². The van der Waals surface area contributed by atoms with Gasteiger partial charge in [0, 0.05) is 17.8 Å². The van der Waals surface area contributed by atoms with Gasteiger partial charge in [0.1, 0.15) is 12.1 Å². The zero-order valence-electron chi connectivity index (χ0n) is 16.9. The van der Waals surface area contributed by atoms with Crippen LogP contribution >= 0.6 is 0 Å². The van der Waals surface area contributed by atoms with Gasteiger partial charge in [0.05, 0.1) is 13.7 Å². The number of carbonyl (C=O) groups is 2. The minimum atomic E-state index is -0.956. The number of amides is 1. The van der Waals surface area contributed by atoms with Gasteiger partial charge in [0.2, 0.25) is 5.91 Å². The number of nitrogens with zero attached hydrogens (tertiary/aromatic N) is 1. The van der Waals surface area contributed by atoms with E-state index < -0.39 is 40.7 Å². The number of ether oxygens (including phenoxy) is 1. The smallest absolute Gasteiger partial charge is 0.328 e. The Labute approximate surface area is 168 Å². The molecule has 1 amide bonds. The van der Waals surface area contributed by atoms with E-state index in [0.717, 1.165) is 0 Å². The van der Waals surface area contributed by atoms with Crippen LogP contribution in [0.25, 0.3) is 0 Å². The molecule has 0 bridgehead atoms. The van der Waals surface area contributed by atoms with Gasteiger partial charge >= 0.3 is 11.7 Å². The molecule has 1 aromatic carbocycles. The van der Waals surface area contributed by atoms with Crippen molar-refractivity contribution in [2.45, 2.75) is 44.9 Å². The third-order valence-corrected chi connectivity index (χ3v) is 4.03. The highest BCUT2D eigenvalue weighted by Crippen LogP contribution is 2.16. The van der Waals surface area contributed by atoms with Crippen LogP contribution in [-0.4, -0.2) is 40.1 Å². The van der Waals surface area contributed by atoms with E-state index in [1.807, 2.05) is 26.8 Å². The quantitative estimate of drug-likeness (QED) is 0.574. The van der Waals surface area contributed by atoms with Gasteiger partial charge in [0.25, 0.3) is 5.56 Å². The number of rotatable bonds is 7. The average Bonchev–Trinajstić information content (AvgIpc) is 2.65. The van der Waals surface area contributed by atoms with Gasteiger partial charge in [-0.1, -0.05) is 30.3 Å². The van der Waals surface area contributed by atoms with Crippen LogP contribution in [0.15, 0.2) is 52.2 Å².